The zero-order chi connectivity index (χ0) is 11.0. The van der Waals surface area contributed by atoms with Gasteiger partial charge in [0, 0.05) is 32.6 Å². The molecule has 4 nitrogen and oxygen atoms in total. The quantitative estimate of drug-likeness (QED) is 0.621. The van der Waals surface area contributed by atoms with Crippen LogP contribution >= 0.6 is 0 Å². The fourth-order valence-corrected chi connectivity index (χ4v) is 1.45. The third kappa shape index (κ3) is 4.07. The average Bonchev–Trinajstić information content (AvgIpc) is 2.18. The highest BCUT2D eigenvalue weighted by Crippen LogP contribution is 2.02. The molecule has 0 radical (unpaired) electrons. The Morgan fingerprint density at radius 1 is 1.21 bits per heavy atom. The van der Waals surface area contributed by atoms with E-state index in [9.17, 15) is 4.79 Å². The smallest absolute Gasteiger partial charge is 0.238 e. The lowest BCUT2D eigenvalue weighted by atomic mass is 10.3. The van der Waals surface area contributed by atoms with Gasteiger partial charge >= 0.3 is 0 Å². The number of hydrogen-bond donors (Lipinski definition) is 1. The molecule has 0 spiro atoms. The molecule has 1 amide bonds. The first-order valence-electron chi connectivity index (χ1n) is 5.46. The molecule has 0 unspecified atom stereocenters. The molecule has 0 aromatic heterocycles. The van der Waals surface area contributed by atoms with Gasteiger partial charge in [0.05, 0.1) is 0 Å². The van der Waals surface area contributed by atoms with Crippen molar-refractivity contribution >= 4 is 5.91 Å². The molecule has 0 aliphatic carbocycles. The molecule has 0 aliphatic rings. The largest absolute Gasteiger partial charge is 0.330 e. The van der Waals surface area contributed by atoms with Crippen molar-refractivity contribution in [3.05, 3.63) is 0 Å². The van der Waals surface area contributed by atoms with Crippen LogP contribution in [0.1, 0.15) is 33.6 Å². The second-order valence-electron chi connectivity index (χ2n) is 3.19. The Bertz CT molecular complexity index is 157. The van der Waals surface area contributed by atoms with E-state index in [1.54, 1.807) is 0 Å². The molecule has 0 saturated heterocycles. The van der Waals surface area contributed by atoms with Gasteiger partial charge in [-0.05, 0) is 6.42 Å². The Morgan fingerprint density at radius 3 is 2.14 bits per heavy atom. The SMILES string of the molecule is CCCN(C(=O)CCN)N(CC)CC. The Hall–Kier alpha value is -0.610. The molecule has 0 aromatic carbocycles. The number of rotatable bonds is 7. The number of nitrogens with two attached hydrogens (primary N) is 1. The summed E-state index contributed by atoms with van der Waals surface area (Å²) in [5.41, 5.74) is 5.38. The van der Waals surface area contributed by atoms with Gasteiger partial charge < -0.3 is 5.73 Å². The first-order chi connectivity index (χ1) is 6.71. The molecule has 0 rings (SSSR count). The Balaban J connectivity index is 4.31. The van der Waals surface area contributed by atoms with Crippen molar-refractivity contribution in [3.63, 3.8) is 0 Å². The van der Waals surface area contributed by atoms with Crippen LogP contribution in [0.15, 0.2) is 0 Å². The first kappa shape index (κ1) is 13.4. The highest BCUT2D eigenvalue weighted by atomic mass is 16.2. The average molecular weight is 201 g/mol. The van der Waals surface area contributed by atoms with Crippen LogP contribution in [0, 0.1) is 0 Å². The highest BCUT2D eigenvalue weighted by Gasteiger charge is 2.16. The van der Waals surface area contributed by atoms with Crippen LogP contribution in [0.25, 0.3) is 0 Å². The second-order valence-corrected chi connectivity index (χ2v) is 3.19. The number of amides is 1. The molecule has 0 aliphatic heterocycles. The van der Waals surface area contributed by atoms with Crippen molar-refractivity contribution in [2.24, 2.45) is 5.73 Å². The van der Waals surface area contributed by atoms with E-state index in [1.807, 2.05) is 5.01 Å². The van der Waals surface area contributed by atoms with Gasteiger partial charge in [0.15, 0.2) is 0 Å². The fourth-order valence-electron chi connectivity index (χ4n) is 1.45. The predicted octanol–water partition coefficient (Wildman–Crippen LogP) is 0.831. The van der Waals surface area contributed by atoms with Crippen LogP contribution < -0.4 is 5.73 Å². The number of carbonyl (C=O) groups excluding carboxylic acids is 1. The summed E-state index contributed by atoms with van der Waals surface area (Å²) in [6.45, 7) is 9.15. The van der Waals surface area contributed by atoms with Gasteiger partial charge in [-0.15, -0.1) is 0 Å². The summed E-state index contributed by atoms with van der Waals surface area (Å²) >= 11 is 0. The molecule has 0 fully saturated rings. The Kier molecular flexibility index (Phi) is 7.42. The van der Waals surface area contributed by atoms with E-state index in [2.05, 4.69) is 25.8 Å². The maximum Gasteiger partial charge on any atom is 0.238 e. The first-order valence-corrected chi connectivity index (χ1v) is 5.46. The molecule has 2 N–H and O–H groups in total. The minimum absolute atomic E-state index is 0.137. The van der Waals surface area contributed by atoms with Gasteiger partial charge in [-0.25, -0.2) is 5.01 Å². The van der Waals surface area contributed by atoms with E-state index in [0.29, 0.717) is 13.0 Å². The molecule has 0 atom stereocenters. The summed E-state index contributed by atoms with van der Waals surface area (Å²) in [4.78, 5) is 11.7. The van der Waals surface area contributed by atoms with Crippen LogP contribution in [0.2, 0.25) is 0 Å². The number of carbonyl (C=O) groups is 1. The van der Waals surface area contributed by atoms with Crippen molar-refractivity contribution in [3.8, 4) is 0 Å². The summed E-state index contributed by atoms with van der Waals surface area (Å²) in [6.07, 6.45) is 1.42. The van der Waals surface area contributed by atoms with Gasteiger partial charge in [0.1, 0.15) is 0 Å². The van der Waals surface area contributed by atoms with Crippen LogP contribution in [0.5, 0.6) is 0 Å². The maximum absolute atomic E-state index is 11.7. The normalized spacial score (nSPS) is 10.6. The van der Waals surface area contributed by atoms with E-state index in [4.69, 9.17) is 5.73 Å². The zero-order valence-corrected chi connectivity index (χ0v) is 9.62. The molecule has 0 heterocycles. The van der Waals surface area contributed by atoms with Gasteiger partial charge in [0.25, 0.3) is 0 Å². The number of hydrogen-bond acceptors (Lipinski definition) is 3. The highest BCUT2D eigenvalue weighted by molar-refractivity contribution is 5.75. The van der Waals surface area contributed by atoms with Crippen molar-refractivity contribution < 1.29 is 4.79 Å². The standard InChI is InChI=1S/C10H23N3O/c1-4-9-13(10(14)7-8-11)12(5-2)6-3/h4-9,11H2,1-3H3. The lowest BCUT2D eigenvalue weighted by molar-refractivity contribution is -0.148. The van der Waals surface area contributed by atoms with Crippen molar-refractivity contribution in [2.45, 2.75) is 33.6 Å². The summed E-state index contributed by atoms with van der Waals surface area (Å²) in [6, 6.07) is 0. The molecule has 14 heavy (non-hydrogen) atoms. The van der Waals surface area contributed by atoms with Gasteiger partial charge in [-0.1, -0.05) is 20.8 Å². The summed E-state index contributed by atoms with van der Waals surface area (Å²) in [7, 11) is 0. The summed E-state index contributed by atoms with van der Waals surface area (Å²) in [5, 5.41) is 3.88. The maximum atomic E-state index is 11.7. The van der Waals surface area contributed by atoms with E-state index in [0.717, 1.165) is 26.1 Å². The third-order valence-electron chi connectivity index (χ3n) is 2.15. The van der Waals surface area contributed by atoms with E-state index in [1.165, 1.54) is 0 Å². The van der Waals surface area contributed by atoms with E-state index < -0.39 is 0 Å². The predicted molar refractivity (Wildman–Crippen MR) is 58.6 cm³/mol. The second kappa shape index (κ2) is 7.76. The van der Waals surface area contributed by atoms with Crippen LogP contribution in [0.4, 0.5) is 0 Å². The van der Waals surface area contributed by atoms with Crippen molar-refractivity contribution in [2.75, 3.05) is 26.2 Å². The Labute approximate surface area is 87.0 Å². The van der Waals surface area contributed by atoms with Gasteiger partial charge in [-0.3, -0.25) is 9.80 Å². The monoisotopic (exact) mass is 201 g/mol. The number of hydrazine groups is 1. The van der Waals surface area contributed by atoms with Crippen molar-refractivity contribution in [1.82, 2.24) is 10.0 Å². The van der Waals surface area contributed by atoms with Gasteiger partial charge in [0.2, 0.25) is 5.91 Å². The summed E-state index contributed by atoms with van der Waals surface area (Å²) in [5.74, 6) is 0.137. The molecular formula is C10H23N3O. The molecule has 4 heteroatoms. The minimum Gasteiger partial charge on any atom is -0.330 e. The molecular weight excluding hydrogens is 178 g/mol. The Morgan fingerprint density at radius 2 is 1.79 bits per heavy atom. The lowest BCUT2D eigenvalue weighted by Crippen LogP contribution is -2.47. The van der Waals surface area contributed by atoms with Crippen LogP contribution in [0.3, 0.4) is 0 Å². The van der Waals surface area contributed by atoms with E-state index in [-0.39, 0.29) is 5.91 Å². The zero-order valence-electron chi connectivity index (χ0n) is 9.62. The number of nitrogens with zero attached hydrogens (tertiary/aromatic N) is 2. The van der Waals surface area contributed by atoms with Crippen LogP contribution in [-0.4, -0.2) is 42.1 Å². The van der Waals surface area contributed by atoms with Crippen molar-refractivity contribution in [1.29, 1.82) is 0 Å². The molecule has 0 aromatic rings. The molecule has 0 bridgehead atoms. The molecule has 84 valence electrons. The molecule has 0 saturated carbocycles. The van der Waals surface area contributed by atoms with Gasteiger partial charge in [-0.2, -0.15) is 0 Å². The topological polar surface area (TPSA) is 49.6 Å². The third-order valence-corrected chi connectivity index (χ3v) is 2.15. The summed E-state index contributed by atoms with van der Waals surface area (Å²) < 4.78 is 0. The van der Waals surface area contributed by atoms with E-state index >= 15 is 0 Å². The lowest BCUT2D eigenvalue weighted by Gasteiger charge is -2.33. The van der Waals surface area contributed by atoms with Crippen LogP contribution in [-0.2, 0) is 4.79 Å². The minimum atomic E-state index is 0.137. The fraction of sp³-hybridized carbons (Fsp3) is 0.900.